The Kier molecular flexibility index (Phi) is 4.50. The van der Waals surface area contributed by atoms with Crippen molar-refractivity contribution in [1.82, 2.24) is 20.1 Å². The van der Waals surface area contributed by atoms with Crippen LogP contribution in [0.4, 0.5) is 0 Å². The molecule has 0 saturated heterocycles. The summed E-state index contributed by atoms with van der Waals surface area (Å²) >= 11 is 0. The number of nitrogens with one attached hydrogen (secondary N) is 1. The molecule has 2 atom stereocenters. The van der Waals surface area contributed by atoms with Crippen molar-refractivity contribution in [3.63, 3.8) is 0 Å². The van der Waals surface area contributed by atoms with Gasteiger partial charge >= 0.3 is 0 Å². The predicted molar refractivity (Wildman–Crippen MR) is 65.4 cm³/mol. The Hall–Kier alpha value is -0.940. The second-order valence-corrected chi connectivity index (χ2v) is 4.71. The molecule has 0 bridgehead atoms. The number of aliphatic hydroxyl groups excluding tert-OH is 1. The highest BCUT2D eigenvalue weighted by Crippen LogP contribution is 2.24. The normalized spacial score (nSPS) is 25.1. The van der Waals surface area contributed by atoms with Crippen molar-refractivity contribution >= 4 is 0 Å². The highest BCUT2D eigenvalue weighted by molar-refractivity contribution is 4.87. The predicted octanol–water partition coefficient (Wildman–Crippen LogP) is 0.939. The molecule has 5 nitrogen and oxygen atoms in total. The summed E-state index contributed by atoms with van der Waals surface area (Å²) < 4.78 is 1.91. The number of nitrogens with zero attached hydrogens (tertiary/aromatic N) is 3. The zero-order chi connectivity index (χ0) is 12.1. The molecule has 0 aromatic carbocycles. The second kappa shape index (κ2) is 6.12. The van der Waals surface area contributed by atoms with E-state index in [-0.39, 0.29) is 6.61 Å². The fourth-order valence-corrected chi connectivity index (χ4v) is 2.61. The first kappa shape index (κ1) is 12.5. The van der Waals surface area contributed by atoms with Crippen LogP contribution in [0, 0.1) is 5.92 Å². The quantitative estimate of drug-likeness (QED) is 0.801. The molecule has 17 heavy (non-hydrogen) atoms. The Morgan fingerprint density at radius 1 is 1.47 bits per heavy atom. The third kappa shape index (κ3) is 3.04. The zero-order valence-corrected chi connectivity index (χ0v) is 10.5. The van der Waals surface area contributed by atoms with Crippen LogP contribution in [0.3, 0.4) is 0 Å². The van der Waals surface area contributed by atoms with Gasteiger partial charge in [0, 0.05) is 19.2 Å². The molecule has 1 aromatic rings. The maximum Gasteiger partial charge on any atom is 0.140 e. The molecule has 1 saturated carbocycles. The number of aryl methyl sites for hydroxylation is 1. The molecule has 0 amide bonds. The van der Waals surface area contributed by atoms with Gasteiger partial charge in [0.2, 0.25) is 0 Å². The van der Waals surface area contributed by atoms with Gasteiger partial charge in [-0.25, -0.2) is 9.67 Å². The van der Waals surface area contributed by atoms with Crippen molar-refractivity contribution in [3.05, 3.63) is 12.2 Å². The first-order valence-corrected chi connectivity index (χ1v) is 6.56. The lowest BCUT2D eigenvalue weighted by Crippen LogP contribution is -2.40. The Morgan fingerprint density at radius 3 is 3.06 bits per heavy atom. The molecule has 0 radical (unpaired) electrons. The zero-order valence-electron chi connectivity index (χ0n) is 10.5. The Morgan fingerprint density at radius 2 is 2.29 bits per heavy atom. The molecular weight excluding hydrogens is 216 g/mol. The minimum absolute atomic E-state index is 0.290. The van der Waals surface area contributed by atoms with Crippen LogP contribution in [0.2, 0.25) is 0 Å². The van der Waals surface area contributed by atoms with Crippen LogP contribution in [-0.2, 0) is 13.1 Å². The molecule has 2 N–H and O–H groups in total. The maximum absolute atomic E-state index is 9.35. The van der Waals surface area contributed by atoms with E-state index in [9.17, 15) is 5.11 Å². The van der Waals surface area contributed by atoms with Crippen molar-refractivity contribution in [3.8, 4) is 0 Å². The molecule has 2 unspecified atom stereocenters. The van der Waals surface area contributed by atoms with Gasteiger partial charge in [-0.2, -0.15) is 5.10 Å². The summed E-state index contributed by atoms with van der Waals surface area (Å²) in [5.74, 6) is 1.39. The molecule has 1 fully saturated rings. The lowest BCUT2D eigenvalue weighted by Gasteiger charge is -2.30. The Labute approximate surface area is 102 Å². The van der Waals surface area contributed by atoms with E-state index >= 15 is 0 Å². The fourth-order valence-electron chi connectivity index (χ4n) is 2.61. The van der Waals surface area contributed by atoms with Crippen LogP contribution in [0.5, 0.6) is 0 Å². The largest absolute Gasteiger partial charge is 0.396 e. The monoisotopic (exact) mass is 238 g/mol. The van der Waals surface area contributed by atoms with Gasteiger partial charge in [0.15, 0.2) is 0 Å². The van der Waals surface area contributed by atoms with Gasteiger partial charge in [0.1, 0.15) is 12.2 Å². The minimum Gasteiger partial charge on any atom is -0.396 e. The molecule has 2 rings (SSSR count). The molecule has 1 aromatic heterocycles. The highest BCUT2D eigenvalue weighted by Gasteiger charge is 2.24. The van der Waals surface area contributed by atoms with Crippen molar-refractivity contribution < 1.29 is 5.11 Å². The van der Waals surface area contributed by atoms with Crippen LogP contribution >= 0.6 is 0 Å². The van der Waals surface area contributed by atoms with Gasteiger partial charge < -0.3 is 10.4 Å². The molecule has 1 aliphatic carbocycles. The van der Waals surface area contributed by atoms with E-state index in [4.69, 9.17) is 0 Å². The number of hydrogen-bond donors (Lipinski definition) is 2. The fraction of sp³-hybridized carbons (Fsp3) is 0.833. The molecule has 5 heteroatoms. The molecular formula is C12H22N4O. The molecule has 96 valence electrons. The second-order valence-electron chi connectivity index (χ2n) is 4.71. The van der Waals surface area contributed by atoms with Gasteiger partial charge in [0.05, 0.1) is 6.54 Å². The van der Waals surface area contributed by atoms with Crippen LogP contribution in [-0.4, -0.2) is 32.5 Å². The summed E-state index contributed by atoms with van der Waals surface area (Å²) in [6, 6.07) is 0.427. The molecule has 1 aliphatic rings. The summed E-state index contributed by atoms with van der Waals surface area (Å²) in [5, 5.41) is 17.0. The van der Waals surface area contributed by atoms with Crippen molar-refractivity contribution in [2.24, 2.45) is 5.92 Å². The summed E-state index contributed by atoms with van der Waals surface area (Å²) in [6.07, 6.45) is 6.40. The van der Waals surface area contributed by atoms with Gasteiger partial charge in [0.25, 0.3) is 0 Å². The molecule has 1 heterocycles. The van der Waals surface area contributed by atoms with Crippen LogP contribution < -0.4 is 5.32 Å². The summed E-state index contributed by atoms with van der Waals surface area (Å²) in [4.78, 5) is 4.25. The van der Waals surface area contributed by atoms with Gasteiger partial charge in [-0.15, -0.1) is 0 Å². The minimum atomic E-state index is 0.290. The molecule has 0 spiro atoms. The number of rotatable bonds is 5. The summed E-state index contributed by atoms with van der Waals surface area (Å²) in [5.41, 5.74) is 0. The van der Waals surface area contributed by atoms with E-state index in [0.29, 0.717) is 12.0 Å². The average Bonchev–Trinajstić information content (AvgIpc) is 2.84. The molecule has 0 aliphatic heterocycles. The number of aliphatic hydroxyl groups is 1. The van der Waals surface area contributed by atoms with E-state index < -0.39 is 0 Å². The lowest BCUT2D eigenvalue weighted by molar-refractivity contribution is 0.151. The number of hydrogen-bond acceptors (Lipinski definition) is 4. The van der Waals surface area contributed by atoms with Gasteiger partial charge in [-0.05, 0) is 25.7 Å². The average molecular weight is 238 g/mol. The standard InChI is InChI=1S/C12H22N4O/c1-2-16-12(14-9-15-16)7-13-11-6-4-3-5-10(11)8-17/h9-11,13,17H,2-8H2,1H3. The smallest absolute Gasteiger partial charge is 0.140 e. The summed E-state index contributed by atoms with van der Waals surface area (Å²) in [6.45, 7) is 3.95. The Balaban J connectivity index is 1.88. The summed E-state index contributed by atoms with van der Waals surface area (Å²) in [7, 11) is 0. The van der Waals surface area contributed by atoms with E-state index in [1.165, 1.54) is 12.8 Å². The van der Waals surface area contributed by atoms with Crippen molar-refractivity contribution in [1.29, 1.82) is 0 Å². The van der Waals surface area contributed by atoms with Crippen LogP contribution in [0.15, 0.2) is 6.33 Å². The highest BCUT2D eigenvalue weighted by atomic mass is 16.3. The van der Waals surface area contributed by atoms with Crippen molar-refractivity contribution in [2.45, 2.75) is 51.7 Å². The first-order valence-electron chi connectivity index (χ1n) is 6.56. The topological polar surface area (TPSA) is 63.0 Å². The van der Waals surface area contributed by atoms with E-state index in [2.05, 4.69) is 22.3 Å². The van der Waals surface area contributed by atoms with E-state index in [1.54, 1.807) is 6.33 Å². The SMILES string of the molecule is CCn1ncnc1CNC1CCCCC1CO. The third-order valence-electron chi connectivity index (χ3n) is 3.66. The first-order chi connectivity index (χ1) is 8.35. The van der Waals surface area contributed by atoms with E-state index in [1.807, 2.05) is 4.68 Å². The van der Waals surface area contributed by atoms with E-state index in [0.717, 1.165) is 31.8 Å². The van der Waals surface area contributed by atoms with Gasteiger partial charge in [-0.1, -0.05) is 12.8 Å². The third-order valence-corrected chi connectivity index (χ3v) is 3.66. The lowest BCUT2D eigenvalue weighted by atomic mass is 9.85. The van der Waals surface area contributed by atoms with Crippen LogP contribution in [0.25, 0.3) is 0 Å². The maximum atomic E-state index is 9.35. The van der Waals surface area contributed by atoms with Crippen LogP contribution in [0.1, 0.15) is 38.4 Å². The number of aromatic nitrogens is 3. The Bertz CT molecular complexity index is 339. The van der Waals surface area contributed by atoms with Gasteiger partial charge in [-0.3, -0.25) is 0 Å². The van der Waals surface area contributed by atoms with Crippen molar-refractivity contribution in [2.75, 3.05) is 6.61 Å².